The number of carbonyl (C=O) groups is 1. The highest BCUT2D eigenvalue weighted by Gasteiger charge is 2.21. The number of carbonyl (C=O) groups excluding carboxylic acids is 1. The van der Waals surface area contributed by atoms with Gasteiger partial charge in [0.15, 0.2) is 11.5 Å². The Hall–Kier alpha value is -1.40. The first-order valence-corrected chi connectivity index (χ1v) is 7.50. The van der Waals surface area contributed by atoms with Gasteiger partial charge in [-0.15, -0.1) is 11.8 Å². The SMILES string of the molecule is COc1ccc(/C=C2/N=C(SC)SC2=O)cc1OC. The minimum atomic E-state index is -0.0286. The quantitative estimate of drug-likeness (QED) is 0.802. The molecule has 4 nitrogen and oxygen atoms in total. The van der Waals surface area contributed by atoms with E-state index < -0.39 is 0 Å². The molecular formula is C13H13NO3S2. The van der Waals surface area contributed by atoms with Crippen LogP contribution in [0.5, 0.6) is 11.5 Å². The van der Waals surface area contributed by atoms with Gasteiger partial charge in [-0.3, -0.25) is 4.79 Å². The van der Waals surface area contributed by atoms with E-state index in [9.17, 15) is 4.79 Å². The maximum Gasteiger partial charge on any atom is 0.244 e. The van der Waals surface area contributed by atoms with E-state index in [0.717, 1.165) is 21.7 Å². The molecular weight excluding hydrogens is 282 g/mol. The van der Waals surface area contributed by atoms with Crippen molar-refractivity contribution >= 4 is 39.1 Å². The molecule has 1 aliphatic heterocycles. The molecule has 0 atom stereocenters. The molecule has 0 spiro atoms. The van der Waals surface area contributed by atoms with Crippen molar-refractivity contribution in [3.63, 3.8) is 0 Å². The largest absolute Gasteiger partial charge is 0.493 e. The molecule has 100 valence electrons. The lowest BCUT2D eigenvalue weighted by Gasteiger charge is -2.07. The van der Waals surface area contributed by atoms with Crippen LogP contribution in [0.15, 0.2) is 28.9 Å². The van der Waals surface area contributed by atoms with Crippen LogP contribution in [0.2, 0.25) is 0 Å². The van der Waals surface area contributed by atoms with E-state index in [-0.39, 0.29) is 5.12 Å². The molecule has 19 heavy (non-hydrogen) atoms. The molecule has 1 aromatic rings. The third kappa shape index (κ3) is 3.13. The van der Waals surface area contributed by atoms with Crippen LogP contribution < -0.4 is 9.47 Å². The van der Waals surface area contributed by atoms with E-state index in [4.69, 9.17) is 9.47 Å². The Kier molecular flexibility index (Phi) is 4.55. The molecule has 1 aromatic carbocycles. The summed E-state index contributed by atoms with van der Waals surface area (Å²) < 4.78 is 11.2. The Morgan fingerprint density at radius 2 is 2.00 bits per heavy atom. The molecule has 0 saturated carbocycles. The molecule has 0 N–H and O–H groups in total. The van der Waals surface area contributed by atoms with Crippen molar-refractivity contribution in [1.29, 1.82) is 0 Å². The van der Waals surface area contributed by atoms with Gasteiger partial charge in [0.1, 0.15) is 10.1 Å². The predicted molar refractivity (Wildman–Crippen MR) is 81.1 cm³/mol. The lowest BCUT2D eigenvalue weighted by atomic mass is 10.1. The summed E-state index contributed by atoms with van der Waals surface area (Å²) in [5.41, 5.74) is 1.31. The Morgan fingerprint density at radius 1 is 1.26 bits per heavy atom. The van der Waals surface area contributed by atoms with Crippen LogP contribution in [-0.2, 0) is 4.79 Å². The zero-order valence-corrected chi connectivity index (χ0v) is 12.4. The van der Waals surface area contributed by atoms with Gasteiger partial charge in [0, 0.05) is 0 Å². The lowest BCUT2D eigenvalue weighted by molar-refractivity contribution is -0.107. The van der Waals surface area contributed by atoms with Gasteiger partial charge in [0.05, 0.1) is 14.2 Å². The summed E-state index contributed by atoms with van der Waals surface area (Å²) in [5.74, 6) is 1.29. The van der Waals surface area contributed by atoms with Crippen LogP contribution in [0.4, 0.5) is 0 Å². The highest BCUT2D eigenvalue weighted by Crippen LogP contribution is 2.32. The molecule has 1 heterocycles. The van der Waals surface area contributed by atoms with E-state index in [1.807, 2.05) is 18.4 Å². The van der Waals surface area contributed by atoms with Gasteiger partial charge < -0.3 is 9.47 Å². The zero-order valence-electron chi connectivity index (χ0n) is 10.8. The van der Waals surface area contributed by atoms with Crippen molar-refractivity contribution in [3.8, 4) is 11.5 Å². The second kappa shape index (κ2) is 6.16. The highest BCUT2D eigenvalue weighted by atomic mass is 32.2. The molecule has 6 heteroatoms. The third-order valence-electron chi connectivity index (χ3n) is 2.49. The molecule has 0 aromatic heterocycles. The number of rotatable bonds is 3. The fraction of sp³-hybridized carbons (Fsp3) is 0.231. The molecule has 0 aliphatic carbocycles. The first-order chi connectivity index (χ1) is 9.17. The second-order valence-corrected chi connectivity index (χ2v) is 5.63. The van der Waals surface area contributed by atoms with Crippen molar-refractivity contribution in [1.82, 2.24) is 0 Å². The van der Waals surface area contributed by atoms with Crippen LogP contribution in [0.1, 0.15) is 5.56 Å². The molecule has 1 aliphatic rings. The number of hydrogen-bond donors (Lipinski definition) is 0. The summed E-state index contributed by atoms with van der Waals surface area (Å²) in [6, 6.07) is 5.48. The average Bonchev–Trinajstić information content (AvgIpc) is 2.79. The van der Waals surface area contributed by atoms with Gasteiger partial charge in [-0.05, 0) is 41.8 Å². The number of aliphatic imine (C=N–C) groups is 1. The number of methoxy groups -OCH3 is 2. The van der Waals surface area contributed by atoms with E-state index in [2.05, 4.69) is 4.99 Å². The first kappa shape index (κ1) is 14.0. The van der Waals surface area contributed by atoms with Crippen LogP contribution in [0, 0.1) is 0 Å². The van der Waals surface area contributed by atoms with Gasteiger partial charge in [-0.25, -0.2) is 4.99 Å². The fourth-order valence-corrected chi connectivity index (χ4v) is 2.84. The van der Waals surface area contributed by atoms with E-state index in [1.165, 1.54) is 11.8 Å². The van der Waals surface area contributed by atoms with E-state index in [0.29, 0.717) is 17.2 Å². The monoisotopic (exact) mass is 295 g/mol. The van der Waals surface area contributed by atoms with Crippen molar-refractivity contribution in [3.05, 3.63) is 29.5 Å². The first-order valence-electron chi connectivity index (χ1n) is 5.46. The number of benzene rings is 1. The minimum absolute atomic E-state index is 0.0286. The highest BCUT2D eigenvalue weighted by molar-refractivity contribution is 8.45. The van der Waals surface area contributed by atoms with Crippen LogP contribution in [0.25, 0.3) is 6.08 Å². The molecule has 0 unspecified atom stereocenters. The normalized spacial score (nSPS) is 16.7. The number of thioether (sulfide) groups is 2. The maximum atomic E-state index is 11.7. The van der Waals surface area contributed by atoms with Gasteiger partial charge in [-0.1, -0.05) is 6.07 Å². The lowest BCUT2D eigenvalue weighted by Crippen LogP contribution is -1.92. The summed E-state index contributed by atoms with van der Waals surface area (Å²) in [7, 11) is 3.16. The fourth-order valence-electron chi connectivity index (χ4n) is 1.58. The number of nitrogens with zero attached hydrogens (tertiary/aromatic N) is 1. The number of ether oxygens (including phenoxy) is 2. The third-order valence-corrected chi connectivity index (χ3v) is 4.34. The summed E-state index contributed by atoms with van der Waals surface area (Å²) in [6.07, 6.45) is 3.65. The van der Waals surface area contributed by atoms with Crippen molar-refractivity contribution < 1.29 is 14.3 Å². The summed E-state index contributed by atoms with van der Waals surface area (Å²) >= 11 is 2.63. The minimum Gasteiger partial charge on any atom is -0.493 e. The Balaban J connectivity index is 2.33. The molecule has 0 saturated heterocycles. The Morgan fingerprint density at radius 3 is 2.58 bits per heavy atom. The van der Waals surface area contributed by atoms with Crippen molar-refractivity contribution in [2.24, 2.45) is 4.99 Å². The van der Waals surface area contributed by atoms with Crippen LogP contribution >= 0.6 is 23.5 Å². The van der Waals surface area contributed by atoms with Crippen LogP contribution in [-0.4, -0.2) is 30.0 Å². The standard InChI is InChI=1S/C13H13NO3S2/c1-16-10-5-4-8(7-11(10)17-2)6-9-12(15)19-13(14-9)18-3/h4-7H,1-3H3/b9-6+. The summed E-state index contributed by atoms with van der Waals surface area (Å²) in [5, 5.41) is -0.0286. The molecule has 2 rings (SSSR count). The molecule has 0 bridgehead atoms. The smallest absolute Gasteiger partial charge is 0.244 e. The zero-order chi connectivity index (χ0) is 13.8. The van der Waals surface area contributed by atoms with E-state index in [1.54, 1.807) is 26.4 Å². The van der Waals surface area contributed by atoms with Gasteiger partial charge in [0.25, 0.3) is 0 Å². The van der Waals surface area contributed by atoms with Gasteiger partial charge in [-0.2, -0.15) is 0 Å². The maximum absolute atomic E-state index is 11.7. The van der Waals surface area contributed by atoms with Crippen LogP contribution in [0.3, 0.4) is 0 Å². The molecule has 0 radical (unpaired) electrons. The van der Waals surface area contributed by atoms with E-state index >= 15 is 0 Å². The summed E-state index contributed by atoms with van der Waals surface area (Å²) in [4.78, 5) is 16.0. The van der Waals surface area contributed by atoms with Gasteiger partial charge >= 0.3 is 0 Å². The van der Waals surface area contributed by atoms with Gasteiger partial charge in [0.2, 0.25) is 5.12 Å². The summed E-state index contributed by atoms with van der Waals surface area (Å²) in [6.45, 7) is 0. The topological polar surface area (TPSA) is 47.9 Å². The molecule has 0 amide bonds. The Labute approximate surface area is 120 Å². The van der Waals surface area contributed by atoms with Crippen molar-refractivity contribution in [2.45, 2.75) is 0 Å². The molecule has 0 fully saturated rings. The van der Waals surface area contributed by atoms with Crippen molar-refractivity contribution in [2.75, 3.05) is 20.5 Å². The average molecular weight is 295 g/mol. The second-order valence-electron chi connectivity index (χ2n) is 3.62. The predicted octanol–water partition coefficient (Wildman–Crippen LogP) is 3.04. The Bertz CT molecular complexity index is 567. The number of hydrogen-bond acceptors (Lipinski definition) is 6.